The highest BCUT2D eigenvalue weighted by Gasteiger charge is 2.22. The quantitative estimate of drug-likeness (QED) is 0.147. The van der Waals surface area contributed by atoms with Gasteiger partial charge in [-0.25, -0.2) is 9.59 Å². The lowest BCUT2D eigenvalue weighted by Crippen LogP contribution is -2.37. The van der Waals surface area contributed by atoms with Crippen LogP contribution in [0.4, 0.5) is 9.59 Å². The van der Waals surface area contributed by atoms with Gasteiger partial charge in [0.25, 0.3) is 0 Å². The summed E-state index contributed by atoms with van der Waals surface area (Å²) in [7, 11) is 0. The van der Waals surface area contributed by atoms with E-state index in [0.717, 1.165) is 12.8 Å². The number of nitrogens with two attached hydrogens (primary N) is 1. The Morgan fingerprint density at radius 1 is 0.825 bits per heavy atom. The summed E-state index contributed by atoms with van der Waals surface area (Å²) in [5.74, 6) is -0.536. The molecule has 0 aliphatic rings. The van der Waals surface area contributed by atoms with Gasteiger partial charge >= 0.3 is 24.2 Å². The van der Waals surface area contributed by atoms with Gasteiger partial charge in [0.2, 0.25) is 0 Å². The highest BCUT2D eigenvalue weighted by Crippen LogP contribution is 2.30. The van der Waals surface area contributed by atoms with Crippen molar-refractivity contribution in [2.24, 2.45) is 17.6 Å². The Morgan fingerprint density at radius 3 is 1.95 bits per heavy atom. The Bertz CT molecular complexity index is 947. The number of carbonyl (C=O) groups is 4. The summed E-state index contributed by atoms with van der Waals surface area (Å²) in [5.41, 5.74) is 6.55. The molecule has 0 radical (unpaired) electrons. The van der Waals surface area contributed by atoms with E-state index in [1.807, 2.05) is 34.6 Å². The fourth-order valence-corrected chi connectivity index (χ4v) is 3.10. The maximum absolute atomic E-state index is 12.5. The predicted octanol–water partition coefficient (Wildman–Crippen LogP) is 5.34. The molecule has 0 bridgehead atoms. The van der Waals surface area contributed by atoms with Crippen molar-refractivity contribution in [3.63, 3.8) is 0 Å². The Kier molecular flexibility index (Phi) is 16.4. The van der Waals surface area contributed by atoms with Gasteiger partial charge in [0.05, 0.1) is 13.2 Å². The number of esters is 2. The van der Waals surface area contributed by atoms with Gasteiger partial charge in [-0.15, -0.1) is 0 Å². The minimum absolute atomic E-state index is 0.0275. The van der Waals surface area contributed by atoms with E-state index in [9.17, 15) is 19.2 Å². The molecule has 1 aromatic rings. The third kappa shape index (κ3) is 15.3. The Morgan fingerprint density at radius 2 is 1.40 bits per heavy atom. The van der Waals surface area contributed by atoms with Gasteiger partial charge < -0.3 is 34.2 Å². The molecule has 1 rings (SSSR count). The van der Waals surface area contributed by atoms with Gasteiger partial charge in [0, 0.05) is 6.42 Å². The second-order valence-corrected chi connectivity index (χ2v) is 10.4. The van der Waals surface area contributed by atoms with Gasteiger partial charge in [-0.1, -0.05) is 47.1 Å². The molecule has 11 nitrogen and oxygen atoms in total. The molecule has 0 unspecified atom stereocenters. The van der Waals surface area contributed by atoms with Crippen LogP contribution in [0.2, 0.25) is 0 Å². The highest BCUT2D eigenvalue weighted by atomic mass is 16.7. The largest absolute Gasteiger partial charge is 0.513 e. The van der Waals surface area contributed by atoms with Crippen molar-refractivity contribution in [2.45, 2.75) is 92.2 Å². The summed E-state index contributed by atoms with van der Waals surface area (Å²) in [4.78, 5) is 48.6. The van der Waals surface area contributed by atoms with Gasteiger partial charge in [0.1, 0.15) is 18.8 Å². The monoisotopic (exact) mass is 567 g/mol. The smallest absolute Gasteiger partial charge is 0.462 e. The Balaban J connectivity index is 2.85. The van der Waals surface area contributed by atoms with E-state index in [1.165, 1.54) is 12.1 Å². The molecule has 11 heteroatoms. The van der Waals surface area contributed by atoms with Crippen LogP contribution in [0.25, 0.3) is 0 Å². The van der Waals surface area contributed by atoms with Crippen LogP contribution in [0, 0.1) is 11.8 Å². The number of hydrogen-bond acceptors (Lipinski definition) is 11. The van der Waals surface area contributed by atoms with Gasteiger partial charge in [-0.05, 0) is 62.1 Å². The molecular weight excluding hydrogens is 522 g/mol. The average Bonchev–Trinajstić information content (AvgIpc) is 2.87. The molecule has 2 N–H and O–H groups in total. The lowest BCUT2D eigenvalue weighted by Gasteiger charge is -2.18. The average molecular weight is 568 g/mol. The van der Waals surface area contributed by atoms with Crippen LogP contribution >= 0.6 is 0 Å². The maximum atomic E-state index is 12.5. The zero-order chi connectivity index (χ0) is 30.1. The number of ether oxygens (including phenoxy) is 6. The van der Waals surface area contributed by atoms with Gasteiger partial charge in [-0.2, -0.15) is 0 Å². The van der Waals surface area contributed by atoms with E-state index < -0.39 is 30.4 Å². The van der Waals surface area contributed by atoms with E-state index in [2.05, 4.69) is 0 Å². The molecule has 0 aliphatic heterocycles. The predicted molar refractivity (Wildman–Crippen MR) is 147 cm³/mol. The van der Waals surface area contributed by atoms with Crippen LogP contribution in [-0.4, -0.2) is 56.2 Å². The summed E-state index contributed by atoms with van der Waals surface area (Å²) >= 11 is 0. The first-order valence-electron chi connectivity index (χ1n) is 13.8. The molecule has 1 aromatic carbocycles. The summed E-state index contributed by atoms with van der Waals surface area (Å²) < 4.78 is 31.1. The first kappa shape index (κ1) is 34.7. The normalized spacial score (nSPS) is 12.4. The standard InChI is InChI=1S/C29H45NO10/c1-7-8-9-26(31)37-18-21(6)38-27(32)23(30)16-22-10-11-24(39-28(33)35-14-12-19(2)3)25(17-22)40-29(34)36-15-13-20(4)5/h10-11,17,19-21,23H,7-9,12-16,18,30H2,1-6H3/t21-,23-/m0/s1. The van der Waals surface area contributed by atoms with Gasteiger partial charge in [-0.3, -0.25) is 9.59 Å². The lowest BCUT2D eigenvalue weighted by molar-refractivity contribution is -0.159. The third-order valence-corrected chi connectivity index (χ3v) is 5.51. The number of rotatable bonds is 17. The van der Waals surface area contributed by atoms with Crippen molar-refractivity contribution >= 4 is 24.2 Å². The molecule has 0 aromatic heterocycles. The minimum Gasteiger partial charge on any atom is -0.462 e. The third-order valence-electron chi connectivity index (χ3n) is 5.51. The van der Waals surface area contributed by atoms with E-state index >= 15 is 0 Å². The van der Waals surface area contributed by atoms with Crippen molar-refractivity contribution in [1.82, 2.24) is 0 Å². The number of hydrogen-bond donors (Lipinski definition) is 1. The molecular formula is C29H45NO10. The minimum atomic E-state index is -1.06. The molecule has 226 valence electrons. The molecule has 0 saturated heterocycles. The zero-order valence-corrected chi connectivity index (χ0v) is 24.6. The Hall–Kier alpha value is -3.34. The van der Waals surface area contributed by atoms with Crippen LogP contribution in [0.5, 0.6) is 11.5 Å². The van der Waals surface area contributed by atoms with Crippen LogP contribution in [-0.2, 0) is 35.0 Å². The number of benzene rings is 1. The molecule has 0 amide bonds. The van der Waals surface area contributed by atoms with E-state index in [4.69, 9.17) is 34.2 Å². The zero-order valence-electron chi connectivity index (χ0n) is 24.6. The molecule has 0 aliphatic carbocycles. The van der Waals surface area contributed by atoms with Crippen molar-refractivity contribution in [2.75, 3.05) is 19.8 Å². The van der Waals surface area contributed by atoms with Gasteiger partial charge in [0.15, 0.2) is 11.5 Å². The van der Waals surface area contributed by atoms with E-state index in [0.29, 0.717) is 36.7 Å². The highest BCUT2D eigenvalue weighted by molar-refractivity contribution is 5.76. The summed E-state index contributed by atoms with van der Waals surface area (Å²) in [6.07, 6.45) is 0.639. The van der Waals surface area contributed by atoms with Crippen molar-refractivity contribution in [3.8, 4) is 11.5 Å². The van der Waals surface area contributed by atoms with E-state index in [-0.39, 0.29) is 43.7 Å². The summed E-state index contributed by atoms with van der Waals surface area (Å²) in [5, 5.41) is 0. The van der Waals surface area contributed by atoms with E-state index in [1.54, 1.807) is 13.0 Å². The SMILES string of the molecule is CCCCC(=O)OC[C@H](C)OC(=O)[C@@H](N)Cc1ccc(OC(=O)OCCC(C)C)c(OC(=O)OCCC(C)C)c1. The molecule has 0 fully saturated rings. The van der Waals surface area contributed by atoms with Crippen LogP contribution in [0.15, 0.2) is 18.2 Å². The number of unbranched alkanes of at least 4 members (excludes halogenated alkanes) is 1. The topological polar surface area (TPSA) is 150 Å². The molecule has 0 saturated carbocycles. The fourth-order valence-electron chi connectivity index (χ4n) is 3.10. The molecule has 0 spiro atoms. The molecule has 40 heavy (non-hydrogen) atoms. The second-order valence-electron chi connectivity index (χ2n) is 10.4. The first-order chi connectivity index (χ1) is 18.9. The maximum Gasteiger partial charge on any atom is 0.513 e. The molecule has 2 atom stereocenters. The van der Waals surface area contributed by atoms with Crippen molar-refractivity contribution in [1.29, 1.82) is 0 Å². The van der Waals surface area contributed by atoms with Crippen molar-refractivity contribution < 1.29 is 47.6 Å². The summed E-state index contributed by atoms with van der Waals surface area (Å²) in [6.45, 7) is 11.8. The number of carbonyl (C=O) groups excluding carboxylic acids is 4. The molecule has 0 heterocycles. The van der Waals surface area contributed by atoms with Crippen molar-refractivity contribution in [3.05, 3.63) is 23.8 Å². The lowest BCUT2D eigenvalue weighted by atomic mass is 10.1. The van der Waals surface area contributed by atoms with Crippen LogP contribution in [0.3, 0.4) is 0 Å². The fraction of sp³-hybridized carbons (Fsp3) is 0.655. The summed E-state index contributed by atoms with van der Waals surface area (Å²) in [6, 6.07) is 3.34. The Labute approximate surface area is 236 Å². The second kappa shape index (κ2) is 18.9. The van der Waals surface area contributed by atoms with Crippen LogP contribution < -0.4 is 15.2 Å². The van der Waals surface area contributed by atoms with Crippen LogP contribution in [0.1, 0.15) is 79.2 Å². The first-order valence-corrected chi connectivity index (χ1v) is 13.8.